The van der Waals surface area contributed by atoms with Crippen LogP contribution in [0, 0.1) is 9.54 Å². The first-order chi connectivity index (χ1) is 17.6. The second-order valence-corrected chi connectivity index (χ2v) is 8.26. The smallest absolute Gasteiger partial charge is 0.216 e. The zero-order valence-corrected chi connectivity index (χ0v) is 21.6. The largest absolute Gasteiger partial charge is 0.489 e. The van der Waals surface area contributed by atoms with Gasteiger partial charge in [-0.25, -0.2) is 0 Å². The monoisotopic (exact) mass is 522 g/mol. The van der Waals surface area contributed by atoms with Gasteiger partial charge in [0.05, 0.1) is 12.4 Å². The molecule has 0 saturated heterocycles. The fourth-order valence-electron chi connectivity index (χ4n) is 3.32. The molecule has 2 N–H and O–H groups in total. The van der Waals surface area contributed by atoms with Crippen molar-refractivity contribution in [2.45, 2.75) is 26.7 Å². The molecule has 4 rings (SSSR count). The third kappa shape index (κ3) is 6.01. The molecule has 0 radical (unpaired) electrons. The van der Waals surface area contributed by atoms with Gasteiger partial charge >= 0.3 is 0 Å². The minimum Gasteiger partial charge on any atom is -0.489 e. The number of ether oxygens (including phenoxy) is 2. The number of hydrogen-bond acceptors (Lipinski definition) is 8. The summed E-state index contributed by atoms with van der Waals surface area (Å²) in [6.45, 7) is 4.67. The lowest BCUT2D eigenvalue weighted by Crippen LogP contribution is -2.11. The molecule has 0 atom stereocenters. The molecule has 2 aromatic carbocycles. The van der Waals surface area contributed by atoms with Gasteiger partial charge in [0.2, 0.25) is 9.54 Å². The van der Waals surface area contributed by atoms with E-state index in [4.69, 9.17) is 33.9 Å². The van der Waals surface area contributed by atoms with Crippen molar-refractivity contribution < 1.29 is 9.47 Å². The van der Waals surface area contributed by atoms with E-state index in [1.165, 1.54) is 0 Å². The summed E-state index contributed by atoms with van der Waals surface area (Å²) in [4.78, 5) is 0. The van der Waals surface area contributed by atoms with Crippen molar-refractivity contribution in [1.29, 1.82) is 0 Å². The Bertz CT molecular complexity index is 1370. The number of benzene rings is 2. The van der Waals surface area contributed by atoms with Gasteiger partial charge in [-0.05, 0) is 48.7 Å². The summed E-state index contributed by atoms with van der Waals surface area (Å²) in [6, 6.07) is 15.3. The molecule has 36 heavy (non-hydrogen) atoms. The van der Waals surface area contributed by atoms with Crippen LogP contribution in [-0.2, 0) is 12.8 Å². The van der Waals surface area contributed by atoms with Crippen LogP contribution in [0.15, 0.2) is 58.7 Å². The first-order valence-corrected chi connectivity index (χ1v) is 12.3. The van der Waals surface area contributed by atoms with Crippen LogP contribution in [0.2, 0.25) is 0 Å². The fourth-order valence-corrected chi connectivity index (χ4v) is 3.72. The van der Waals surface area contributed by atoms with Gasteiger partial charge < -0.3 is 9.47 Å². The highest BCUT2D eigenvalue weighted by Crippen LogP contribution is 2.18. The predicted molar refractivity (Wildman–Crippen MR) is 143 cm³/mol. The van der Waals surface area contributed by atoms with Crippen LogP contribution in [0.1, 0.15) is 36.6 Å². The van der Waals surface area contributed by atoms with Crippen molar-refractivity contribution in [2.24, 2.45) is 10.2 Å². The van der Waals surface area contributed by atoms with E-state index in [2.05, 4.69) is 30.6 Å². The van der Waals surface area contributed by atoms with Crippen molar-refractivity contribution in [2.75, 3.05) is 13.2 Å². The Morgan fingerprint density at radius 2 is 1.17 bits per heavy atom. The molecule has 4 aromatic rings. The topological polar surface area (TPSA) is 110 Å². The summed E-state index contributed by atoms with van der Waals surface area (Å²) in [5.41, 5.74) is 1.64. The number of nitrogens with one attached hydrogen (secondary N) is 2. The normalized spacial score (nSPS) is 11.5. The number of para-hydroxylation sites is 2. The van der Waals surface area contributed by atoms with Crippen molar-refractivity contribution in [1.82, 2.24) is 29.7 Å². The third-order valence-corrected chi connectivity index (χ3v) is 5.66. The zero-order valence-electron chi connectivity index (χ0n) is 19.9. The third-order valence-electron chi connectivity index (χ3n) is 5.13. The predicted octanol–water partition coefficient (Wildman–Crippen LogP) is 4.54. The van der Waals surface area contributed by atoms with Crippen LogP contribution in [0.3, 0.4) is 0 Å². The van der Waals surface area contributed by atoms with E-state index in [-0.39, 0.29) is 0 Å². The maximum atomic E-state index is 5.98. The van der Waals surface area contributed by atoms with Crippen LogP contribution >= 0.6 is 24.4 Å². The summed E-state index contributed by atoms with van der Waals surface area (Å²) >= 11 is 10.5. The van der Waals surface area contributed by atoms with E-state index >= 15 is 0 Å². The van der Waals surface area contributed by atoms with Gasteiger partial charge in [0.25, 0.3) is 0 Å². The molecule has 0 spiro atoms. The number of aromatic amines is 2. The first kappa shape index (κ1) is 25.2. The van der Waals surface area contributed by atoms with Gasteiger partial charge in [-0.3, -0.25) is 10.2 Å². The van der Waals surface area contributed by atoms with Crippen LogP contribution < -0.4 is 9.47 Å². The highest BCUT2D eigenvalue weighted by Gasteiger charge is 2.06. The average molecular weight is 523 g/mol. The maximum Gasteiger partial charge on any atom is 0.216 e. The molecular formula is C24H26N8O2S2. The van der Waals surface area contributed by atoms with E-state index in [0.717, 1.165) is 22.8 Å². The Morgan fingerprint density at radius 1 is 0.750 bits per heavy atom. The summed E-state index contributed by atoms with van der Waals surface area (Å²) in [5, 5.41) is 22.8. The number of H-pyrrole nitrogens is 2. The summed E-state index contributed by atoms with van der Waals surface area (Å²) < 4.78 is 16.1. The summed E-state index contributed by atoms with van der Waals surface area (Å²) in [5.74, 6) is 2.89. The SMILES string of the molecule is CCc1n[nH]c(=S)n1/N=C/c1ccccc1OCCOc1ccccc1/C=N/n1c(CC)n[nH]c1=S. The van der Waals surface area contributed by atoms with E-state index < -0.39 is 0 Å². The molecule has 12 heteroatoms. The zero-order chi connectivity index (χ0) is 25.3. The van der Waals surface area contributed by atoms with Crippen LogP contribution in [0.4, 0.5) is 0 Å². The molecule has 0 saturated carbocycles. The van der Waals surface area contributed by atoms with Crippen molar-refractivity contribution in [3.05, 3.63) is 80.8 Å². The molecule has 2 aromatic heterocycles. The van der Waals surface area contributed by atoms with E-state index in [0.29, 0.717) is 47.1 Å². The molecular weight excluding hydrogens is 496 g/mol. The minimum atomic E-state index is 0.342. The molecule has 0 fully saturated rings. The average Bonchev–Trinajstić information content (AvgIpc) is 3.45. The molecule has 0 aliphatic rings. The second-order valence-electron chi connectivity index (χ2n) is 7.48. The standard InChI is InChI=1S/C24H26N8O2S2/c1-3-21-27-29-23(35)31(21)25-15-17-9-5-7-11-19(17)33-13-14-34-20-12-8-6-10-18(20)16-26-32-22(4-2)28-30-24(32)36/h5-12,15-16H,3-4,13-14H2,1-2H3,(H,29,35)(H,30,36)/b25-15+,26-16+. The number of nitrogens with zero attached hydrogens (tertiary/aromatic N) is 6. The lowest BCUT2D eigenvalue weighted by Gasteiger charge is -2.11. The summed E-state index contributed by atoms with van der Waals surface area (Å²) in [7, 11) is 0. The van der Waals surface area contributed by atoms with E-state index in [1.54, 1.807) is 21.8 Å². The Labute approximate surface area is 218 Å². The molecule has 0 aliphatic heterocycles. The van der Waals surface area contributed by atoms with Crippen LogP contribution in [-0.4, -0.2) is 55.4 Å². The molecule has 0 bridgehead atoms. The van der Waals surface area contributed by atoms with Crippen LogP contribution in [0.25, 0.3) is 0 Å². The Hall–Kier alpha value is -3.90. The Kier molecular flexibility index (Phi) is 8.53. The number of hydrogen-bond donors (Lipinski definition) is 2. The molecule has 0 aliphatic carbocycles. The molecule has 2 heterocycles. The maximum absolute atomic E-state index is 5.98. The Balaban J connectivity index is 1.39. The number of aromatic nitrogens is 6. The summed E-state index contributed by atoms with van der Waals surface area (Å²) in [6.07, 6.45) is 4.83. The van der Waals surface area contributed by atoms with E-state index in [1.807, 2.05) is 62.4 Å². The fraction of sp³-hybridized carbons (Fsp3) is 0.250. The van der Waals surface area contributed by atoms with Crippen LogP contribution in [0.5, 0.6) is 11.5 Å². The molecule has 0 unspecified atom stereocenters. The van der Waals surface area contributed by atoms with Crippen molar-refractivity contribution in [3.63, 3.8) is 0 Å². The number of rotatable bonds is 11. The van der Waals surface area contributed by atoms with Gasteiger partial charge in [-0.2, -0.15) is 29.8 Å². The van der Waals surface area contributed by atoms with Gasteiger partial charge in [0.15, 0.2) is 11.6 Å². The van der Waals surface area contributed by atoms with Gasteiger partial charge in [-0.1, -0.05) is 38.1 Å². The lowest BCUT2D eigenvalue weighted by atomic mass is 10.2. The van der Waals surface area contributed by atoms with Crippen molar-refractivity contribution >= 4 is 36.9 Å². The highest BCUT2D eigenvalue weighted by atomic mass is 32.1. The quantitative estimate of drug-likeness (QED) is 0.170. The highest BCUT2D eigenvalue weighted by molar-refractivity contribution is 7.71. The minimum absolute atomic E-state index is 0.342. The number of aryl methyl sites for hydroxylation is 2. The molecule has 10 nitrogen and oxygen atoms in total. The Morgan fingerprint density at radius 3 is 1.58 bits per heavy atom. The molecule has 186 valence electrons. The van der Waals surface area contributed by atoms with Gasteiger partial charge in [0.1, 0.15) is 24.7 Å². The second kappa shape index (κ2) is 12.2. The van der Waals surface area contributed by atoms with E-state index in [9.17, 15) is 0 Å². The van der Waals surface area contributed by atoms with Gasteiger partial charge in [0, 0.05) is 24.0 Å². The molecule has 0 amide bonds. The first-order valence-electron chi connectivity index (χ1n) is 11.5. The lowest BCUT2D eigenvalue weighted by molar-refractivity contribution is 0.217. The van der Waals surface area contributed by atoms with Gasteiger partial charge in [-0.15, -0.1) is 0 Å². The van der Waals surface area contributed by atoms with Crippen molar-refractivity contribution in [3.8, 4) is 11.5 Å².